The first-order valence-electron chi connectivity index (χ1n) is 9.23. The summed E-state index contributed by atoms with van der Waals surface area (Å²) in [5.41, 5.74) is 11.5. The molecular formula is C24H18N4S. The Hall–Kier alpha value is -3.54. The molecule has 5 heteroatoms. The molecule has 0 amide bonds. The molecule has 1 heterocycles. The zero-order chi connectivity index (χ0) is 20.7. The molecule has 29 heavy (non-hydrogen) atoms. The molecule has 0 aliphatic rings. The highest BCUT2D eigenvalue weighted by molar-refractivity contribution is 7.00. The van der Waals surface area contributed by atoms with Gasteiger partial charge in [-0.2, -0.15) is 19.3 Å². The van der Waals surface area contributed by atoms with E-state index in [9.17, 15) is 10.5 Å². The number of rotatable bonds is 2. The average molecular weight is 395 g/mol. The summed E-state index contributed by atoms with van der Waals surface area (Å²) >= 11 is 1.20. The van der Waals surface area contributed by atoms with E-state index in [0.717, 1.165) is 55.5 Å². The number of nitrogens with zero attached hydrogens (tertiary/aromatic N) is 4. The predicted molar refractivity (Wildman–Crippen MR) is 117 cm³/mol. The number of benzene rings is 3. The second-order valence-corrected chi connectivity index (χ2v) is 7.84. The van der Waals surface area contributed by atoms with Gasteiger partial charge in [0.2, 0.25) is 0 Å². The Balaban J connectivity index is 1.99. The maximum Gasteiger partial charge on any atom is 0.113 e. The van der Waals surface area contributed by atoms with E-state index < -0.39 is 0 Å². The van der Waals surface area contributed by atoms with Crippen LogP contribution in [0.4, 0.5) is 0 Å². The van der Waals surface area contributed by atoms with Crippen LogP contribution in [0.1, 0.15) is 33.4 Å². The standard InChI is InChI=1S/C24H18N4S/c1-13-7-17(11-25)8-14(2)21(13)19-5-6-20(24-23(19)27-29-28-24)22-15(3)9-18(12-26)10-16(22)4/h5-10H,1-4H3. The molecule has 4 nitrogen and oxygen atoms in total. The Morgan fingerprint density at radius 3 is 1.31 bits per heavy atom. The molecule has 0 radical (unpaired) electrons. The number of aryl methyl sites for hydroxylation is 4. The van der Waals surface area contributed by atoms with Gasteiger partial charge in [0.25, 0.3) is 0 Å². The molecule has 0 aliphatic heterocycles. The van der Waals surface area contributed by atoms with E-state index >= 15 is 0 Å². The highest BCUT2D eigenvalue weighted by Crippen LogP contribution is 2.39. The van der Waals surface area contributed by atoms with E-state index in [1.165, 1.54) is 11.7 Å². The lowest BCUT2D eigenvalue weighted by atomic mass is 9.89. The third kappa shape index (κ3) is 3.06. The Labute approximate surface area is 174 Å². The predicted octanol–water partition coefficient (Wildman–Crippen LogP) is 6.00. The van der Waals surface area contributed by atoms with Crippen LogP contribution in [0.15, 0.2) is 36.4 Å². The van der Waals surface area contributed by atoms with Gasteiger partial charge in [0.05, 0.1) is 35.0 Å². The van der Waals surface area contributed by atoms with E-state index in [1.54, 1.807) is 0 Å². The molecule has 4 aromatic rings. The first-order chi connectivity index (χ1) is 13.9. The number of fused-ring (bicyclic) bond motifs is 1. The molecule has 0 atom stereocenters. The first-order valence-corrected chi connectivity index (χ1v) is 9.96. The zero-order valence-electron chi connectivity index (χ0n) is 16.7. The maximum absolute atomic E-state index is 9.25. The minimum atomic E-state index is 0.664. The van der Waals surface area contributed by atoms with E-state index in [-0.39, 0.29) is 0 Å². The topological polar surface area (TPSA) is 73.4 Å². The van der Waals surface area contributed by atoms with E-state index in [0.29, 0.717) is 11.1 Å². The van der Waals surface area contributed by atoms with Crippen molar-refractivity contribution in [2.75, 3.05) is 0 Å². The van der Waals surface area contributed by atoms with Gasteiger partial charge < -0.3 is 0 Å². The summed E-state index contributed by atoms with van der Waals surface area (Å²) in [6, 6.07) is 16.3. The summed E-state index contributed by atoms with van der Waals surface area (Å²) in [6.45, 7) is 8.10. The summed E-state index contributed by atoms with van der Waals surface area (Å²) in [7, 11) is 0. The second kappa shape index (κ2) is 7.13. The number of hydrogen-bond donors (Lipinski definition) is 0. The van der Waals surface area contributed by atoms with Crippen molar-refractivity contribution in [3.8, 4) is 34.4 Å². The Kier molecular flexibility index (Phi) is 4.62. The Morgan fingerprint density at radius 2 is 1.00 bits per heavy atom. The summed E-state index contributed by atoms with van der Waals surface area (Å²) < 4.78 is 9.22. The molecule has 3 aromatic carbocycles. The molecule has 0 fully saturated rings. The van der Waals surface area contributed by atoms with Crippen molar-refractivity contribution >= 4 is 22.8 Å². The highest BCUT2D eigenvalue weighted by atomic mass is 32.1. The fraction of sp³-hybridized carbons (Fsp3) is 0.167. The third-order valence-electron chi connectivity index (χ3n) is 5.28. The molecule has 0 unspecified atom stereocenters. The Bertz CT molecular complexity index is 1220. The quantitative estimate of drug-likeness (QED) is 0.418. The lowest BCUT2D eigenvalue weighted by Crippen LogP contribution is -1.95. The van der Waals surface area contributed by atoms with Crippen LogP contribution in [0, 0.1) is 50.4 Å². The van der Waals surface area contributed by atoms with Crippen LogP contribution in [-0.4, -0.2) is 8.75 Å². The van der Waals surface area contributed by atoms with Gasteiger partial charge >= 0.3 is 0 Å². The summed E-state index contributed by atoms with van der Waals surface area (Å²) in [5.74, 6) is 0. The van der Waals surface area contributed by atoms with Gasteiger partial charge in [-0.3, -0.25) is 0 Å². The van der Waals surface area contributed by atoms with Gasteiger partial charge in [-0.15, -0.1) is 0 Å². The second-order valence-electron chi connectivity index (χ2n) is 7.32. The molecule has 0 N–H and O–H groups in total. The van der Waals surface area contributed by atoms with Crippen LogP contribution in [0.3, 0.4) is 0 Å². The van der Waals surface area contributed by atoms with Crippen LogP contribution in [0.25, 0.3) is 33.3 Å². The SMILES string of the molecule is Cc1cc(C#N)cc(C)c1-c1ccc(-c2c(C)cc(C#N)cc2C)c2nsnc12. The highest BCUT2D eigenvalue weighted by Gasteiger charge is 2.18. The summed E-state index contributed by atoms with van der Waals surface area (Å²) in [4.78, 5) is 0. The van der Waals surface area contributed by atoms with E-state index in [1.807, 2.05) is 52.0 Å². The normalized spacial score (nSPS) is 10.7. The molecule has 0 bridgehead atoms. The largest absolute Gasteiger partial charge is 0.192 e. The van der Waals surface area contributed by atoms with Crippen molar-refractivity contribution in [2.45, 2.75) is 27.7 Å². The van der Waals surface area contributed by atoms with Gasteiger partial charge in [0.1, 0.15) is 11.0 Å². The maximum atomic E-state index is 9.25. The van der Waals surface area contributed by atoms with Gasteiger partial charge in [0.15, 0.2) is 0 Å². The molecular weight excluding hydrogens is 376 g/mol. The lowest BCUT2D eigenvalue weighted by molar-refractivity contribution is 1.34. The van der Waals surface area contributed by atoms with Crippen LogP contribution in [-0.2, 0) is 0 Å². The fourth-order valence-corrected chi connectivity index (χ4v) is 4.75. The number of aromatic nitrogens is 2. The monoisotopic (exact) mass is 394 g/mol. The van der Waals surface area contributed by atoms with Crippen molar-refractivity contribution in [2.24, 2.45) is 0 Å². The van der Waals surface area contributed by atoms with Crippen molar-refractivity contribution in [3.63, 3.8) is 0 Å². The molecule has 1 aromatic heterocycles. The summed E-state index contributed by atoms with van der Waals surface area (Å²) in [5, 5.41) is 18.5. The smallest absolute Gasteiger partial charge is 0.113 e. The van der Waals surface area contributed by atoms with Gasteiger partial charge in [0, 0.05) is 11.1 Å². The zero-order valence-corrected chi connectivity index (χ0v) is 17.5. The molecule has 4 rings (SSSR count). The van der Waals surface area contributed by atoms with Crippen LogP contribution in [0.5, 0.6) is 0 Å². The fourth-order valence-electron chi connectivity index (χ4n) is 4.18. The van der Waals surface area contributed by atoms with E-state index in [4.69, 9.17) is 0 Å². The van der Waals surface area contributed by atoms with Gasteiger partial charge in [-0.1, -0.05) is 12.1 Å². The number of hydrogen-bond acceptors (Lipinski definition) is 5. The number of nitriles is 2. The van der Waals surface area contributed by atoms with Crippen molar-refractivity contribution in [3.05, 3.63) is 69.8 Å². The minimum Gasteiger partial charge on any atom is -0.192 e. The summed E-state index contributed by atoms with van der Waals surface area (Å²) in [6.07, 6.45) is 0. The van der Waals surface area contributed by atoms with Crippen molar-refractivity contribution < 1.29 is 0 Å². The molecule has 0 spiro atoms. The lowest BCUT2D eigenvalue weighted by Gasteiger charge is -2.15. The van der Waals surface area contributed by atoms with Gasteiger partial charge in [-0.05, 0) is 85.3 Å². The molecule has 0 saturated heterocycles. The van der Waals surface area contributed by atoms with Crippen molar-refractivity contribution in [1.29, 1.82) is 10.5 Å². The molecule has 0 saturated carbocycles. The van der Waals surface area contributed by atoms with Crippen LogP contribution < -0.4 is 0 Å². The molecule has 140 valence electrons. The Morgan fingerprint density at radius 1 is 0.655 bits per heavy atom. The molecule has 0 aliphatic carbocycles. The van der Waals surface area contributed by atoms with Gasteiger partial charge in [-0.25, -0.2) is 0 Å². The first kappa shape index (κ1) is 18.8. The average Bonchev–Trinajstić information content (AvgIpc) is 3.18. The van der Waals surface area contributed by atoms with Crippen LogP contribution in [0.2, 0.25) is 0 Å². The van der Waals surface area contributed by atoms with Crippen molar-refractivity contribution in [1.82, 2.24) is 8.75 Å². The van der Waals surface area contributed by atoms with E-state index in [2.05, 4.69) is 33.0 Å². The third-order valence-corrected chi connectivity index (χ3v) is 5.81. The minimum absolute atomic E-state index is 0.664. The van der Waals surface area contributed by atoms with Crippen LogP contribution >= 0.6 is 11.7 Å².